The van der Waals surface area contributed by atoms with Crippen LogP contribution in [0.4, 0.5) is 4.79 Å². The molecule has 0 atom stereocenters. The van der Waals surface area contributed by atoms with E-state index in [1.807, 2.05) is 0 Å². The van der Waals surface area contributed by atoms with Crippen molar-refractivity contribution in [2.24, 2.45) is 0 Å². The van der Waals surface area contributed by atoms with E-state index in [2.05, 4.69) is 11.8 Å². The van der Waals surface area contributed by atoms with Crippen LogP contribution >= 0.6 is 0 Å². The zero-order valence-corrected chi connectivity index (χ0v) is 18.4. The van der Waals surface area contributed by atoms with Gasteiger partial charge in [-0.1, -0.05) is 5.92 Å². The number of carboxylic acids is 1. The van der Waals surface area contributed by atoms with Crippen LogP contribution in [0.5, 0.6) is 5.75 Å². The van der Waals surface area contributed by atoms with E-state index in [9.17, 15) is 23.1 Å². The third kappa shape index (κ3) is 5.05. The van der Waals surface area contributed by atoms with E-state index in [0.29, 0.717) is 5.75 Å². The number of ether oxygens (including phenoxy) is 2. The van der Waals surface area contributed by atoms with Crippen molar-refractivity contribution >= 4 is 21.9 Å². The summed E-state index contributed by atoms with van der Waals surface area (Å²) in [5.41, 5.74) is -0.697. The number of piperidine rings is 1. The molecule has 9 heteroatoms. The predicted octanol–water partition coefficient (Wildman–Crippen LogP) is 2.72. The molecule has 0 radical (unpaired) electrons. The molecule has 1 fully saturated rings. The molecule has 1 saturated heterocycles. The van der Waals surface area contributed by atoms with Gasteiger partial charge in [-0.05, 0) is 64.8 Å². The first-order valence-electron chi connectivity index (χ1n) is 9.51. The highest BCUT2D eigenvalue weighted by Crippen LogP contribution is 2.36. The Kier molecular flexibility index (Phi) is 7.03. The number of aliphatic carboxylic acids is 1. The molecule has 1 aromatic carbocycles. The standard InChI is InChI=1S/C21H27NO7S/c1-5-6-15-28-16-7-9-17(10-8-16)30(26,27)21(18(23)24)11-13-22(14-12-21)19(25)29-20(2,3)4/h7-10H,11-15H2,1-4H3,(H,23,24). The summed E-state index contributed by atoms with van der Waals surface area (Å²) < 4.78 is 35.2. The van der Waals surface area contributed by atoms with Gasteiger partial charge in [-0.15, -0.1) is 5.92 Å². The molecular formula is C21H27NO7S. The first kappa shape index (κ1) is 23.5. The Morgan fingerprint density at radius 3 is 2.20 bits per heavy atom. The molecule has 0 saturated carbocycles. The van der Waals surface area contributed by atoms with E-state index in [0.717, 1.165) is 0 Å². The molecule has 0 aromatic heterocycles. The second-order valence-corrected chi connectivity index (χ2v) is 10.2. The molecule has 0 aliphatic carbocycles. The Labute approximate surface area is 177 Å². The summed E-state index contributed by atoms with van der Waals surface area (Å²) >= 11 is 0. The van der Waals surface area contributed by atoms with Crippen molar-refractivity contribution in [1.82, 2.24) is 4.90 Å². The minimum Gasteiger partial charge on any atom is -0.481 e. The SMILES string of the molecule is CC#CCOc1ccc(S(=O)(=O)C2(C(=O)O)CCN(C(=O)OC(C)(C)C)CC2)cc1. The summed E-state index contributed by atoms with van der Waals surface area (Å²) in [5.74, 6) is 4.42. The van der Waals surface area contributed by atoms with E-state index < -0.39 is 32.2 Å². The fourth-order valence-corrected chi connectivity index (χ4v) is 5.00. The molecule has 164 valence electrons. The zero-order chi connectivity index (χ0) is 22.6. The molecule has 8 nitrogen and oxygen atoms in total. The van der Waals surface area contributed by atoms with Crippen LogP contribution in [0.1, 0.15) is 40.5 Å². The van der Waals surface area contributed by atoms with Gasteiger partial charge in [0.15, 0.2) is 14.6 Å². The lowest BCUT2D eigenvalue weighted by atomic mass is 9.96. The number of nitrogens with zero attached hydrogens (tertiary/aromatic N) is 1. The molecule has 1 heterocycles. The maximum Gasteiger partial charge on any atom is 0.410 e. The normalized spacial score (nSPS) is 16.2. The first-order valence-corrected chi connectivity index (χ1v) is 11.0. The molecule has 0 unspecified atom stereocenters. The Bertz CT molecular complexity index is 942. The Morgan fingerprint density at radius 1 is 1.17 bits per heavy atom. The van der Waals surface area contributed by atoms with Crippen molar-refractivity contribution in [3.8, 4) is 17.6 Å². The molecule has 1 aliphatic heterocycles. The second-order valence-electron chi connectivity index (χ2n) is 7.96. The Hall–Kier alpha value is -2.73. The van der Waals surface area contributed by atoms with Crippen LogP contribution in [-0.2, 0) is 19.4 Å². The Balaban J connectivity index is 2.22. The average Bonchev–Trinajstić information content (AvgIpc) is 2.67. The molecule has 1 amide bonds. The second kappa shape index (κ2) is 8.96. The molecule has 1 aliphatic rings. The highest BCUT2D eigenvalue weighted by molar-refractivity contribution is 7.93. The summed E-state index contributed by atoms with van der Waals surface area (Å²) in [4.78, 5) is 25.6. The van der Waals surface area contributed by atoms with Crippen molar-refractivity contribution in [1.29, 1.82) is 0 Å². The van der Waals surface area contributed by atoms with Gasteiger partial charge in [0.1, 0.15) is 18.0 Å². The van der Waals surface area contributed by atoms with Gasteiger partial charge in [0.2, 0.25) is 0 Å². The first-order chi connectivity index (χ1) is 13.9. The molecule has 30 heavy (non-hydrogen) atoms. The molecule has 0 spiro atoms. The number of amides is 1. The average molecular weight is 438 g/mol. The van der Waals surface area contributed by atoms with Gasteiger partial charge in [-0.2, -0.15) is 0 Å². The number of carboxylic acid groups (broad SMARTS) is 1. The highest BCUT2D eigenvalue weighted by Gasteiger charge is 2.54. The minimum absolute atomic E-state index is 0.0304. The highest BCUT2D eigenvalue weighted by atomic mass is 32.2. The van der Waals surface area contributed by atoms with Crippen LogP contribution in [0.15, 0.2) is 29.2 Å². The number of sulfone groups is 1. The van der Waals surface area contributed by atoms with E-state index >= 15 is 0 Å². The number of likely N-dealkylation sites (tertiary alicyclic amines) is 1. The van der Waals surface area contributed by atoms with Crippen molar-refractivity contribution in [3.05, 3.63) is 24.3 Å². The lowest BCUT2D eigenvalue weighted by molar-refractivity contribution is -0.141. The quantitative estimate of drug-likeness (QED) is 0.705. The smallest absolute Gasteiger partial charge is 0.410 e. The number of hydrogen-bond donors (Lipinski definition) is 1. The van der Waals surface area contributed by atoms with Crippen molar-refractivity contribution in [2.45, 2.75) is 55.8 Å². The van der Waals surface area contributed by atoms with E-state index in [1.165, 1.54) is 29.2 Å². The maximum atomic E-state index is 13.2. The van der Waals surface area contributed by atoms with E-state index in [1.54, 1.807) is 27.7 Å². The van der Waals surface area contributed by atoms with Crippen LogP contribution in [0, 0.1) is 11.8 Å². The van der Waals surface area contributed by atoms with Gasteiger partial charge in [-0.3, -0.25) is 4.79 Å². The third-order valence-electron chi connectivity index (χ3n) is 4.75. The van der Waals surface area contributed by atoms with Gasteiger partial charge in [0, 0.05) is 13.1 Å². The van der Waals surface area contributed by atoms with Crippen molar-refractivity contribution < 1.29 is 32.6 Å². The summed E-state index contributed by atoms with van der Waals surface area (Å²) in [6.07, 6.45) is -1.04. The third-order valence-corrected chi connectivity index (χ3v) is 7.25. The number of carbonyl (C=O) groups excluding carboxylic acids is 1. The zero-order valence-electron chi connectivity index (χ0n) is 17.6. The van der Waals surface area contributed by atoms with Crippen LogP contribution in [0.3, 0.4) is 0 Å². The van der Waals surface area contributed by atoms with Crippen LogP contribution in [0.25, 0.3) is 0 Å². The summed E-state index contributed by atoms with van der Waals surface area (Å²) in [7, 11) is -4.21. The number of benzene rings is 1. The van der Waals surface area contributed by atoms with Crippen molar-refractivity contribution in [3.63, 3.8) is 0 Å². The topological polar surface area (TPSA) is 110 Å². The van der Waals surface area contributed by atoms with Gasteiger partial charge in [0.05, 0.1) is 4.90 Å². The molecule has 0 bridgehead atoms. The lowest BCUT2D eigenvalue weighted by Gasteiger charge is -2.38. The summed E-state index contributed by atoms with van der Waals surface area (Å²) in [5, 5.41) is 9.84. The number of rotatable bonds is 5. The van der Waals surface area contributed by atoms with E-state index in [4.69, 9.17) is 9.47 Å². The largest absolute Gasteiger partial charge is 0.481 e. The van der Waals surface area contributed by atoms with Gasteiger partial charge < -0.3 is 19.5 Å². The van der Waals surface area contributed by atoms with Gasteiger partial charge >= 0.3 is 12.1 Å². The molecule has 1 aromatic rings. The fourth-order valence-electron chi connectivity index (χ4n) is 3.11. The molecular weight excluding hydrogens is 410 g/mol. The predicted molar refractivity (Wildman–Crippen MR) is 110 cm³/mol. The van der Waals surface area contributed by atoms with E-state index in [-0.39, 0.29) is 37.4 Å². The minimum atomic E-state index is -4.21. The van der Waals surface area contributed by atoms with Crippen LogP contribution in [0.2, 0.25) is 0 Å². The summed E-state index contributed by atoms with van der Waals surface area (Å²) in [6.45, 7) is 6.96. The number of hydrogen-bond acceptors (Lipinski definition) is 6. The maximum absolute atomic E-state index is 13.2. The van der Waals surface area contributed by atoms with Crippen LogP contribution < -0.4 is 4.74 Å². The molecule has 1 N–H and O–H groups in total. The van der Waals surface area contributed by atoms with Gasteiger partial charge in [0.25, 0.3) is 0 Å². The van der Waals surface area contributed by atoms with Gasteiger partial charge in [-0.25, -0.2) is 13.2 Å². The summed E-state index contributed by atoms with van der Waals surface area (Å²) in [6, 6.07) is 5.59. The van der Waals surface area contributed by atoms with Crippen LogP contribution in [-0.4, -0.2) is 60.5 Å². The monoisotopic (exact) mass is 437 g/mol. The van der Waals surface area contributed by atoms with Crippen molar-refractivity contribution in [2.75, 3.05) is 19.7 Å². The fraction of sp³-hybridized carbons (Fsp3) is 0.524. The number of carbonyl (C=O) groups is 2. The lowest BCUT2D eigenvalue weighted by Crippen LogP contribution is -2.55. The Morgan fingerprint density at radius 2 is 1.73 bits per heavy atom. The molecule has 2 rings (SSSR count).